The van der Waals surface area contributed by atoms with E-state index in [1.54, 1.807) is 4.90 Å². The number of hydrogen-bond donors (Lipinski definition) is 1. The van der Waals surface area contributed by atoms with Crippen molar-refractivity contribution in [1.29, 1.82) is 0 Å². The normalized spacial score (nSPS) is 17.5. The second kappa shape index (κ2) is 7.60. The van der Waals surface area contributed by atoms with Crippen molar-refractivity contribution in [3.05, 3.63) is 23.4 Å². The number of carbonyl (C=O) groups is 1. The van der Waals surface area contributed by atoms with Gasteiger partial charge in [-0.1, -0.05) is 6.07 Å². The molecule has 0 aliphatic carbocycles. The van der Waals surface area contributed by atoms with E-state index >= 15 is 0 Å². The van der Waals surface area contributed by atoms with Crippen molar-refractivity contribution in [3.8, 4) is 0 Å². The number of nitrogens with zero attached hydrogens (tertiary/aromatic N) is 2. The molecule has 138 valence electrons. The Morgan fingerprint density at radius 1 is 1.36 bits per heavy atom. The number of carbonyl (C=O) groups excluding carboxylic acids is 1. The molecule has 2 aliphatic heterocycles. The minimum atomic E-state index is -0.445. The highest BCUT2D eigenvalue weighted by atomic mass is 16.6. The minimum Gasteiger partial charge on any atom is -0.444 e. The molecule has 0 atom stereocenters. The molecule has 1 saturated heterocycles. The van der Waals surface area contributed by atoms with Gasteiger partial charge in [-0.05, 0) is 58.1 Å². The molecule has 3 heterocycles. The van der Waals surface area contributed by atoms with Gasteiger partial charge in [0.05, 0.1) is 19.2 Å². The van der Waals surface area contributed by atoms with E-state index in [0.717, 1.165) is 37.3 Å². The highest BCUT2D eigenvalue weighted by molar-refractivity contribution is 5.69. The quantitative estimate of drug-likeness (QED) is 0.830. The predicted molar refractivity (Wildman–Crippen MR) is 96.9 cm³/mol. The van der Waals surface area contributed by atoms with Crippen LogP contribution in [0.5, 0.6) is 0 Å². The third-order valence-electron chi connectivity index (χ3n) is 4.38. The molecule has 25 heavy (non-hydrogen) atoms. The van der Waals surface area contributed by atoms with Crippen LogP contribution < -0.4 is 5.32 Å². The van der Waals surface area contributed by atoms with E-state index in [1.807, 2.05) is 20.8 Å². The summed E-state index contributed by atoms with van der Waals surface area (Å²) >= 11 is 0. The van der Waals surface area contributed by atoms with Gasteiger partial charge >= 0.3 is 6.09 Å². The average Bonchev–Trinajstić information content (AvgIpc) is 2.51. The second-order valence-corrected chi connectivity index (χ2v) is 7.82. The number of hydrogen-bond acceptors (Lipinski definition) is 5. The molecule has 6 nitrogen and oxygen atoms in total. The summed E-state index contributed by atoms with van der Waals surface area (Å²) in [7, 11) is 0. The van der Waals surface area contributed by atoms with Gasteiger partial charge in [0, 0.05) is 18.8 Å². The molecule has 0 bridgehead atoms. The molecule has 0 spiro atoms. The summed E-state index contributed by atoms with van der Waals surface area (Å²) in [6.07, 6.45) is 4.04. The maximum atomic E-state index is 11.9. The molecule has 1 aromatic rings. The van der Waals surface area contributed by atoms with Gasteiger partial charge in [-0.2, -0.15) is 0 Å². The van der Waals surface area contributed by atoms with Gasteiger partial charge in [0.1, 0.15) is 11.4 Å². The van der Waals surface area contributed by atoms with Crippen molar-refractivity contribution < 1.29 is 14.3 Å². The second-order valence-electron chi connectivity index (χ2n) is 7.82. The largest absolute Gasteiger partial charge is 0.444 e. The van der Waals surface area contributed by atoms with Crippen LogP contribution in [0.1, 0.15) is 44.9 Å². The summed E-state index contributed by atoms with van der Waals surface area (Å²) in [5.74, 6) is 1.05. The van der Waals surface area contributed by atoms with Crippen molar-refractivity contribution in [3.63, 3.8) is 0 Å². The lowest BCUT2D eigenvalue weighted by Gasteiger charge is -2.39. The summed E-state index contributed by atoms with van der Waals surface area (Å²) in [6.45, 7) is 8.59. The lowest BCUT2D eigenvalue weighted by atomic mass is 10.1. The van der Waals surface area contributed by atoms with Gasteiger partial charge in [0.2, 0.25) is 0 Å². The van der Waals surface area contributed by atoms with E-state index < -0.39 is 5.60 Å². The summed E-state index contributed by atoms with van der Waals surface area (Å²) in [5, 5.41) is 3.37. The van der Waals surface area contributed by atoms with Crippen LogP contribution in [-0.4, -0.2) is 53.9 Å². The molecular weight excluding hydrogens is 318 g/mol. The zero-order valence-electron chi connectivity index (χ0n) is 15.5. The lowest BCUT2D eigenvalue weighted by molar-refractivity contribution is -0.0634. The molecule has 0 saturated carbocycles. The van der Waals surface area contributed by atoms with Crippen molar-refractivity contribution in [1.82, 2.24) is 9.88 Å². The maximum Gasteiger partial charge on any atom is 0.410 e. The molecule has 0 radical (unpaired) electrons. The van der Waals surface area contributed by atoms with Crippen molar-refractivity contribution in [2.45, 2.75) is 58.2 Å². The van der Waals surface area contributed by atoms with E-state index in [9.17, 15) is 4.79 Å². The summed E-state index contributed by atoms with van der Waals surface area (Å²) in [4.78, 5) is 18.2. The number of aryl methyl sites for hydroxylation is 2. The number of fused-ring (bicyclic) bond motifs is 1. The predicted octanol–water partition coefficient (Wildman–Crippen LogP) is 3.01. The highest BCUT2D eigenvalue weighted by Gasteiger charge is 2.34. The average molecular weight is 347 g/mol. The Hall–Kier alpha value is -1.82. The summed E-state index contributed by atoms with van der Waals surface area (Å²) in [6, 6.07) is 4.31. The Labute approximate surface area is 149 Å². The first-order valence-electron chi connectivity index (χ1n) is 9.23. The van der Waals surface area contributed by atoms with Crippen LogP contribution in [0.15, 0.2) is 12.1 Å². The zero-order chi connectivity index (χ0) is 17.9. The molecule has 2 aliphatic rings. The highest BCUT2D eigenvalue weighted by Crippen LogP contribution is 2.20. The molecule has 1 amide bonds. The molecule has 0 unspecified atom stereocenters. The van der Waals surface area contributed by atoms with E-state index in [4.69, 9.17) is 14.5 Å². The third-order valence-corrected chi connectivity index (χ3v) is 4.38. The lowest BCUT2D eigenvalue weighted by Crippen LogP contribution is -2.55. The Balaban J connectivity index is 1.32. The Kier molecular flexibility index (Phi) is 5.47. The van der Waals surface area contributed by atoms with Gasteiger partial charge in [0.15, 0.2) is 0 Å². The summed E-state index contributed by atoms with van der Waals surface area (Å²) < 4.78 is 11.2. The van der Waals surface area contributed by atoms with Crippen molar-refractivity contribution in [2.24, 2.45) is 0 Å². The fourth-order valence-corrected chi connectivity index (χ4v) is 3.03. The van der Waals surface area contributed by atoms with Crippen molar-refractivity contribution >= 4 is 11.9 Å². The molecular formula is C19H29N3O3. The monoisotopic (exact) mass is 347 g/mol. The number of amides is 1. The minimum absolute atomic E-state index is 0.130. The topological polar surface area (TPSA) is 63.7 Å². The van der Waals surface area contributed by atoms with Gasteiger partial charge in [0.25, 0.3) is 0 Å². The van der Waals surface area contributed by atoms with E-state index in [1.165, 1.54) is 12.0 Å². The van der Waals surface area contributed by atoms with Crippen LogP contribution in [0.3, 0.4) is 0 Å². The number of anilines is 1. The Bertz CT molecular complexity index is 606. The fourth-order valence-electron chi connectivity index (χ4n) is 3.03. The van der Waals surface area contributed by atoms with Crippen LogP contribution in [-0.2, 0) is 22.3 Å². The first kappa shape index (κ1) is 18.0. The number of aromatic nitrogens is 1. The first-order valence-corrected chi connectivity index (χ1v) is 9.23. The van der Waals surface area contributed by atoms with E-state index in [0.29, 0.717) is 19.7 Å². The standard InChI is InChI=1S/C19H29N3O3/c1-19(2,3)25-18(23)22-12-16(13-22)24-11-5-7-15-9-8-14-6-4-10-20-17(14)21-15/h8-9,16H,4-7,10-13H2,1-3H3,(H,20,21). The molecule has 1 N–H and O–H groups in total. The molecule has 1 fully saturated rings. The van der Waals surface area contributed by atoms with Crippen molar-refractivity contribution in [2.75, 3.05) is 31.6 Å². The van der Waals surface area contributed by atoms with Gasteiger partial charge < -0.3 is 19.7 Å². The van der Waals surface area contributed by atoms with Crippen LogP contribution in [0, 0.1) is 0 Å². The summed E-state index contributed by atoms with van der Waals surface area (Å²) in [5.41, 5.74) is 1.99. The van der Waals surface area contributed by atoms with Crippen LogP contribution in [0.2, 0.25) is 0 Å². The van der Waals surface area contributed by atoms with Crippen LogP contribution >= 0.6 is 0 Å². The zero-order valence-corrected chi connectivity index (χ0v) is 15.5. The fraction of sp³-hybridized carbons (Fsp3) is 0.684. The van der Waals surface area contributed by atoms with Gasteiger partial charge in [-0.15, -0.1) is 0 Å². The van der Waals surface area contributed by atoms with Crippen LogP contribution in [0.25, 0.3) is 0 Å². The first-order chi connectivity index (χ1) is 11.9. The SMILES string of the molecule is CC(C)(C)OC(=O)N1CC(OCCCc2ccc3c(n2)NCCC3)C1. The van der Waals surface area contributed by atoms with Crippen LogP contribution in [0.4, 0.5) is 10.6 Å². The van der Waals surface area contributed by atoms with E-state index in [2.05, 4.69) is 17.4 Å². The molecule has 3 rings (SSSR count). The maximum absolute atomic E-state index is 11.9. The van der Waals surface area contributed by atoms with Gasteiger partial charge in [-0.25, -0.2) is 9.78 Å². The van der Waals surface area contributed by atoms with E-state index in [-0.39, 0.29) is 12.2 Å². The number of pyridine rings is 1. The Morgan fingerprint density at radius 3 is 2.92 bits per heavy atom. The molecule has 1 aromatic heterocycles. The smallest absolute Gasteiger partial charge is 0.410 e. The molecule has 6 heteroatoms. The number of likely N-dealkylation sites (tertiary alicyclic amines) is 1. The third kappa shape index (κ3) is 5.08. The number of nitrogens with one attached hydrogen (secondary N) is 1. The number of ether oxygens (including phenoxy) is 2. The Morgan fingerprint density at radius 2 is 2.16 bits per heavy atom. The van der Waals surface area contributed by atoms with Gasteiger partial charge in [-0.3, -0.25) is 0 Å². The number of rotatable bonds is 5. The molecule has 0 aromatic carbocycles.